The molecule has 8 nitrogen and oxygen atoms in total. The van der Waals surface area contributed by atoms with Crippen LogP contribution in [0.5, 0.6) is 5.75 Å². The maximum atomic E-state index is 13.7. The van der Waals surface area contributed by atoms with Gasteiger partial charge in [0.2, 0.25) is 5.91 Å². The third-order valence-corrected chi connectivity index (χ3v) is 6.34. The first-order chi connectivity index (χ1) is 15.3. The molecule has 0 radical (unpaired) electrons. The van der Waals surface area contributed by atoms with E-state index in [1.807, 2.05) is 0 Å². The van der Waals surface area contributed by atoms with Crippen LogP contribution in [0, 0.1) is 5.92 Å². The van der Waals surface area contributed by atoms with Gasteiger partial charge in [0.1, 0.15) is 11.7 Å². The highest BCUT2D eigenvalue weighted by Crippen LogP contribution is 2.50. The van der Waals surface area contributed by atoms with E-state index < -0.39 is 35.3 Å². The van der Waals surface area contributed by atoms with Gasteiger partial charge in [0.05, 0.1) is 30.3 Å². The lowest BCUT2D eigenvalue weighted by atomic mass is 9.78. The molecule has 1 saturated heterocycles. The molecular formula is C22H19Cl2N3O5. The van der Waals surface area contributed by atoms with Crippen LogP contribution in [0.4, 0.5) is 0 Å². The van der Waals surface area contributed by atoms with Gasteiger partial charge in [-0.1, -0.05) is 41.4 Å². The summed E-state index contributed by atoms with van der Waals surface area (Å²) in [5.74, 6) is -2.38. The number of halogens is 2. The molecule has 166 valence electrons. The number of hydrogen-bond donors (Lipinski definition) is 0. The van der Waals surface area contributed by atoms with E-state index in [4.69, 9.17) is 32.7 Å². The minimum absolute atomic E-state index is 0.00625. The molecule has 2 aliphatic heterocycles. The lowest BCUT2D eigenvalue weighted by molar-refractivity contribution is -0.149. The molecule has 2 aliphatic rings. The van der Waals surface area contributed by atoms with Crippen LogP contribution in [0.15, 0.2) is 52.7 Å². The van der Waals surface area contributed by atoms with Crippen molar-refractivity contribution in [1.82, 2.24) is 4.90 Å². The number of azo groups is 1. The Kier molecular flexibility index (Phi) is 5.92. The molecule has 3 unspecified atom stereocenters. The predicted molar refractivity (Wildman–Crippen MR) is 115 cm³/mol. The number of hydrogen-bond acceptors (Lipinski definition) is 7. The molecule has 0 bridgehead atoms. The Morgan fingerprint density at radius 2 is 1.84 bits per heavy atom. The molecule has 10 heteroatoms. The second-order valence-corrected chi connectivity index (χ2v) is 8.18. The third kappa shape index (κ3) is 3.43. The number of benzene rings is 2. The van der Waals surface area contributed by atoms with E-state index in [1.54, 1.807) is 44.4 Å². The zero-order valence-electron chi connectivity index (χ0n) is 17.2. The zero-order valence-corrected chi connectivity index (χ0v) is 18.8. The van der Waals surface area contributed by atoms with E-state index in [2.05, 4.69) is 10.2 Å². The third-order valence-electron chi connectivity index (χ3n) is 5.60. The SMILES string of the molecule is CCOC(=O)C1N=NC2(c3ccc(Cl)c(Cl)c3)C(=O)N(Cc3ccc(OC)cc3)C(=O)C12. The summed E-state index contributed by atoms with van der Waals surface area (Å²) in [6.45, 7) is 1.76. The summed E-state index contributed by atoms with van der Waals surface area (Å²) in [5, 5.41) is 8.67. The number of esters is 1. The average molecular weight is 476 g/mol. The maximum absolute atomic E-state index is 13.7. The van der Waals surface area contributed by atoms with Gasteiger partial charge >= 0.3 is 5.97 Å². The topological polar surface area (TPSA) is 97.6 Å². The lowest BCUT2D eigenvalue weighted by Gasteiger charge is -2.23. The number of carbonyl (C=O) groups is 3. The smallest absolute Gasteiger partial charge is 0.333 e. The van der Waals surface area contributed by atoms with Gasteiger partial charge in [-0.2, -0.15) is 10.2 Å². The van der Waals surface area contributed by atoms with Crippen LogP contribution in [0.25, 0.3) is 0 Å². The first-order valence-electron chi connectivity index (χ1n) is 9.86. The van der Waals surface area contributed by atoms with Crippen molar-refractivity contribution in [2.45, 2.75) is 25.0 Å². The summed E-state index contributed by atoms with van der Waals surface area (Å²) in [6.07, 6.45) is 0. The predicted octanol–water partition coefficient (Wildman–Crippen LogP) is 3.78. The molecule has 1 fully saturated rings. The number of carbonyl (C=O) groups excluding carboxylic acids is 3. The van der Waals surface area contributed by atoms with Gasteiger partial charge in [-0.15, -0.1) is 0 Å². The van der Waals surface area contributed by atoms with Crippen LogP contribution in [0.3, 0.4) is 0 Å². The van der Waals surface area contributed by atoms with Gasteiger partial charge in [0.25, 0.3) is 5.91 Å². The average Bonchev–Trinajstić information content (AvgIpc) is 3.28. The molecule has 0 aliphatic carbocycles. The van der Waals surface area contributed by atoms with Crippen LogP contribution in [-0.4, -0.2) is 42.4 Å². The van der Waals surface area contributed by atoms with Gasteiger partial charge in [-0.3, -0.25) is 14.5 Å². The second-order valence-electron chi connectivity index (χ2n) is 7.36. The molecule has 2 aromatic carbocycles. The number of ether oxygens (including phenoxy) is 2. The van der Waals surface area contributed by atoms with Gasteiger partial charge in [-0.05, 0) is 42.3 Å². The molecule has 2 amide bonds. The monoisotopic (exact) mass is 475 g/mol. The highest BCUT2D eigenvalue weighted by Gasteiger charge is 2.68. The largest absolute Gasteiger partial charge is 0.497 e. The summed E-state index contributed by atoms with van der Waals surface area (Å²) in [5.41, 5.74) is -0.667. The number of nitrogens with zero attached hydrogens (tertiary/aromatic N) is 3. The normalized spacial score (nSPS) is 24.1. The second kappa shape index (κ2) is 8.52. The highest BCUT2D eigenvalue weighted by atomic mass is 35.5. The lowest BCUT2D eigenvalue weighted by Crippen LogP contribution is -2.41. The Bertz CT molecular complexity index is 1120. The fourth-order valence-electron chi connectivity index (χ4n) is 4.04. The number of methoxy groups -OCH3 is 1. The van der Waals surface area contributed by atoms with Crippen molar-refractivity contribution in [3.8, 4) is 5.75 Å². The minimum atomic E-state index is -1.71. The summed E-state index contributed by atoms with van der Waals surface area (Å²) in [7, 11) is 1.55. The highest BCUT2D eigenvalue weighted by molar-refractivity contribution is 6.42. The molecular weight excluding hydrogens is 457 g/mol. The molecule has 0 saturated carbocycles. The van der Waals surface area contributed by atoms with Crippen molar-refractivity contribution in [1.29, 1.82) is 0 Å². The van der Waals surface area contributed by atoms with E-state index in [0.29, 0.717) is 16.9 Å². The van der Waals surface area contributed by atoms with Crippen molar-refractivity contribution in [3.05, 3.63) is 63.6 Å². The summed E-state index contributed by atoms with van der Waals surface area (Å²) >= 11 is 12.2. The van der Waals surface area contributed by atoms with Crippen LogP contribution in [0.2, 0.25) is 10.0 Å². The summed E-state index contributed by atoms with van der Waals surface area (Å²) in [6, 6.07) is 10.3. The molecule has 3 atom stereocenters. The van der Waals surface area contributed by atoms with Crippen molar-refractivity contribution in [2.75, 3.05) is 13.7 Å². The van der Waals surface area contributed by atoms with E-state index in [0.717, 1.165) is 4.90 Å². The van der Waals surface area contributed by atoms with E-state index in [-0.39, 0.29) is 23.2 Å². The quantitative estimate of drug-likeness (QED) is 0.467. The molecule has 32 heavy (non-hydrogen) atoms. The van der Waals surface area contributed by atoms with Gasteiger partial charge in [0.15, 0.2) is 11.6 Å². The first-order valence-corrected chi connectivity index (χ1v) is 10.6. The van der Waals surface area contributed by atoms with Crippen molar-refractivity contribution >= 4 is 41.0 Å². The van der Waals surface area contributed by atoms with Gasteiger partial charge in [-0.25, -0.2) is 4.79 Å². The summed E-state index contributed by atoms with van der Waals surface area (Å²) in [4.78, 5) is 40.8. The number of likely N-dealkylation sites (tertiary alicyclic amines) is 1. The van der Waals surface area contributed by atoms with Crippen molar-refractivity contribution < 1.29 is 23.9 Å². The standard InChI is InChI=1S/C22H19Cl2N3O5/c1-3-32-20(29)18-17-19(28)27(11-12-4-7-14(31-2)8-5-12)21(30)22(17,26-25-18)13-6-9-15(23)16(24)10-13/h4-10,17-18H,3,11H2,1-2H3. The molecule has 4 rings (SSSR count). The number of rotatable bonds is 6. The zero-order chi connectivity index (χ0) is 23.0. The maximum Gasteiger partial charge on any atom is 0.333 e. The molecule has 2 heterocycles. The Morgan fingerprint density at radius 1 is 1.12 bits per heavy atom. The van der Waals surface area contributed by atoms with E-state index in [1.165, 1.54) is 12.1 Å². The van der Waals surface area contributed by atoms with Crippen LogP contribution < -0.4 is 4.74 Å². The molecule has 0 aromatic heterocycles. The van der Waals surface area contributed by atoms with Crippen LogP contribution >= 0.6 is 23.2 Å². The fourth-order valence-corrected chi connectivity index (χ4v) is 4.34. The summed E-state index contributed by atoms with van der Waals surface area (Å²) < 4.78 is 10.2. The van der Waals surface area contributed by atoms with Crippen LogP contribution in [0.1, 0.15) is 18.1 Å². The molecule has 0 N–H and O–H groups in total. The van der Waals surface area contributed by atoms with E-state index in [9.17, 15) is 14.4 Å². The minimum Gasteiger partial charge on any atom is -0.497 e. The van der Waals surface area contributed by atoms with E-state index >= 15 is 0 Å². The van der Waals surface area contributed by atoms with Crippen molar-refractivity contribution in [2.24, 2.45) is 16.1 Å². The van der Waals surface area contributed by atoms with Crippen molar-refractivity contribution in [3.63, 3.8) is 0 Å². The molecule has 0 spiro atoms. The number of imide groups is 1. The fraction of sp³-hybridized carbons (Fsp3) is 0.318. The van der Waals surface area contributed by atoms with Crippen LogP contribution in [-0.2, 0) is 31.2 Å². The molecule has 2 aromatic rings. The number of amides is 2. The Morgan fingerprint density at radius 3 is 2.47 bits per heavy atom. The van der Waals surface area contributed by atoms with Gasteiger partial charge < -0.3 is 9.47 Å². The first kappa shape index (κ1) is 22.2. The number of fused-ring (bicyclic) bond motifs is 1. The Balaban J connectivity index is 1.77. The Hall–Kier alpha value is -2.97. The Labute approximate surface area is 194 Å². The van der Waals surface area contributed by atoms with Gasteiger partial charge in [0, 0.05) is 0 Å².